The maximum Gasteiger partial charge on any atom is 0.0660 e. The largest absolute Gasteiger partial charge is 0.357 e. The monoisotopic (exact) mass is 545 g/mol. The lowest BCUT2D eigenvalue weighted by atomic mass is 9.99. The fraction of sp³-hybridized carbons (Fsp3) is 0.263. The summed E-state index contributed by atoms with van der Waals surface area (Å²) in [5, 5.41) is 10.9. The summed E-state index contributed by atoms with van der Waals surface area (Å²) in [6, 6.07) is 25.4. The molecule has 0 atom stereocenters. The van der Waals surface area contributed by atoms with Gasteiger partial charge in [0.1, 0.15) is 0 Å². The van der Waals surface area contributed by atoms with Gasteiger partial charge >= 0.3 is 0 Å². The minimum absolute atomic E-state index is 0.885. The first-order valence-corrected chi connectivity index (χ1v) is 14.7. The van der Waals surface area contributed by atoms with E-state index >= 15 is 0 Å². The second-order valence-electron chi connectivity index (χ2n) is 9.81. The Hall–Kier alpha value is -4.42. The van der Waals surface area contributed by atoms with Crippen LogP contribution in [0.2, 0.25) is 0 Å². The Morgan fingerprint density at radius 3 is 2.15 bits per heavy atom. The lowest BCUT2D eigenvalue weighted by Gasteiger charge is -2.19. The van der Waals surface area contributed by atoms with E-state index in [9.17, 15) is 0 Å². The predicted octanol–water partition coefficient (Wildman–Crippen LogP) is 10.5. The zero-order chi connectivity index (χ0) is 30.2. The first-order chi connectivity index (χ1) is 20.0. The second-order valence-corrected chi connectivity index (χ2v) is 9.81. The molecule has 0 fully saturated rings. The third-order valence-corrected chi connectivity index (χ3v) is 6.50. The highest BCUT2D eigenvalue weighted by Crippen LogP contribution is 2.35. The molecule has 1 heterocycles. The highest BCUT2D eigenvalue weighted by atomic mass is 15.0. The van der Waals surface area contributed by atoms with Crippen molar-refractivity contribution in [1.29, 1.82) is 0 Å². The van der Waals surface area contributed by atoms with Crippen LogP contribution < -0.4 is 16.0 Å². The number of benzene rings is 3. The molecule has 0 aromatic heterocycles. The topological polar surface area (TPSA) is 36.1 Å². The molecule has 0 unspecified atom stereocenters. The van der Waals surface area contributed by atoms with Crippen molar-refractivity contribution in [3.05, 3.63) is 131 Å². The summed E-state index contributed by atoms with van der Waals surface area (Å²) in [5.41, 5.74) is 12.9. The number of terminal acetylenes is 1. The van der Waals surface area contributed by atoms with Crippen LogP contribution in [0.1, 0.15) is 75.6 Å². The third kappa shape index (κ3) is 9.33. The van der Waals surface area contributed by atoms with Crippen LogP contribution in [-0.2, 0) is 0 Å². The molecule has 0 amide bonds. The maximum atomic E-state index is 4.24. The molecular weight excluding hydrogens is 498 g/mol. The van der Waals surface area contributed by atoms with Gasteiger partial charge in [0.25, 0.3) is 0 Å². The molecule has 214 valence electrons. The summed E-state index contributed by atoms with van der Waals surface area (Å²) in [4.78, 5) is 0. The van der Waals surface area contributed by atoms with E-state index in [1.165, 1.54) is 40.1 Å². The SMILES string of the molecule is C#C.C=C(Nc1cccc(N/C(=C2/CC3=C(C=CCC3)N2)c2ccccc2C)c1)c1ccc(C)cc1.CC.CCC. The van der Waals surface area contributed by atoms with Crippen molar-refractivity contribution in [2.24, 2.45) is 0 Å². The molecular formula is C38H47N3. The highest BCUT2D eigenvalue weighted by Gasteiger charge is 2.22. The molecule has 5 rings (SSSR count). The molecule has 0 bridgehead atoms. The van der Waals surface area contributed by atoms with Crippen LogP contribution in [0.15, 0.2) is 108 Å². The number of rotatable bonds is 6. The Bertz CT molecular complexity index is 1380. The second kappa shape index (κ2) is 17.3. The van der Waals surface area contributed by atoms with Crippen molar-refractivity contribution in [1.82, 2.24) is 5.32 Å². The van der Waals surface area contributed by atoms with Gasteiger partial charge in [-0.3, -0.25) is 0 Å². The van der Waals surface area contributed by atoms with Crippen LogP contribution in [0.4, 0.5) is 11.4 Å². The van der Waals surface area contributed by atoms with E-state index in [2.05, 4.69) is 148 Å². The summed E-state index contributed by atoms with van der Waals surface area (Å²) in [5.74, 6) is 0. The fourth-order valence-corrected chi connectivity index (χ4v) is 4.57. The molecule has 3 nitrogen and oxygen atoms in total. The van der Waals surface area contributed by atoms with E-state index in [4.69, 9.17) is 0 Å². The average molecular weight is 546 g/mol. The average Bonchev–Trinajstić information content (AvgIpc) is 3.44. The van der Waals surface area contributed by atoms with Gasteiger partial charge in [0.05, 0.1) is 5.70 Å². The molecule has 1 aliphatic carbocycles. The normalized spacial score (nSPS) is 14.0. The lowest BCUT2D eigenvalue weighted by Crippen LogP contribution is -2.12. The minimum Gasteiger partial charge on any atom is -0.357 e. The zero-order valence-corrected chi connectivity index (χ0v) is 25.8. The van der Waals surface area contributed by atoms with Gasteiger partial charge in [0.2, 0.25) is 0 Å². The van der Waals surface area contributed by atoms with Gasteiger partial charge in [0, 0.05) is 40.5 Å². The van der Waals surface area contributed by atoms with Gasteiger partial charge in [-0.05, 0) is 67.7 Å². The van der Waals surface area contributed by atoms with E-state index in [0.29, 0.717) is 0 Å². The molecule has 3 heteroatoms. The number of allylic oxidation sites excluding steroid dienone is 3. The number of hydrogen-bond donors (Lipinski definition) is 3. The first kappa shape index (κ1) is 32.8. The molecule has 2 aliphatic rings. The molecule has 0 radical (unpaired) electrons. The lowest BCUT2D eigenvalue weighted by molar-refractivity contribution is 0.924. The highest BCUT2D eigenvalue weighted by molar-refractivity contribution is 5.83. The maximum absolute atomic E-state index is 4.24. The van der Waals surface area contributed by atoms with Crippen molar-refractivity contribution in [2.45, 2.75) is 67.2 Å². The van der Waals surface area contributed by atoms with Crippen LogP contribution in [0.25, 0.3) is 11.4 Å². The van der Waals surface area contributed by atoms with Gasteiger partial charge in [-0.2, -0.15) is 0 Å². The van der Waals surface area contributed by atoms with E-state index in [-0.39, 0.29) is 0 Å². The summed E-state index contributed by atoms with van der Waals surface area (Å²) < 4.78 is 0. The molecule has 41 heavy (non-hydrogen) atoms. The van der Waals surface area contributed by atoms with E-state index in [1.807, 2.05) is 13.8 Å². The Morgan fingerprint density at radius 1 is 0.878 bits per heavy atom. The summed E-state index contributed by atoms with van der Waals surface area (Å²) >= 11 is 0. The minimum atomic E-state index is 0.885. The zero-order valence-electron chi connectivity index (χ0n) is 25.8. The van der Waals surface area contributed by atoms with E-state index < -0.39 is 0 Å². The Kier molecular flexibility index (Phi) is 13.8. The van der Waals surface area contributed by atoms with Crippen LogP contribution in [-0.4, -0.2) is 0 Å². The van der Waals surface area contributed by atoms with E-state index in [0.717, 1.165) is 47.6 Å². The number of anilines is 2. The molecule has 3 N–H and O–H groups in total. The van der Waals surface area contributed by atoms with Crippen LogP contribution in [0, 0.1) is 26.7 Å². The van der Waals surface area contributed by atoms with Gasteiger partial charge in [-0.25, -0.2) is 0 Å². The third-order valence-electron chi connectivity index (χ3n) is 6.50. The number of aryl methyl sites for hydroxylation is 2. The van der Waals surface area contributed by atoms with Gasteiger partial charge < -0.3 is 16.0 Å². The molecule has 0 saturated heterocycles. The van der Waals surface area contributed by atoms with Crippen LogP contribution in [0.3, 0.4) is 0 Å². The van der Waals surface area contributed by atoms with Crippen molar-refractivity contribution in [3.63, 3.8) is 0 Å². The molecule has 0 spiro atoms. The first-order valence-electron chi connectivity index (χ1n) is 14.7. The van der Waals surface area contributed by atoms with Crippen LogP contribution in [0.5, 0.6) is 0 Å². The quantitative estimate of drug-likeness (QED) is 0.270. The van der Waals surface area contributed by atoms with Crippen molar-refractivity contribution in [2.75, 3.05) is 10.6 Å². The van der Waals surface area contributed by atoms with Crippen LogP contribution >= 0.6 is 0 Å². The molecule has 1 aliphatic heterocycles. The van der Waals surface area contributed by atoms with Gasteiger partial charge in [-0.1, -0.05) is 107 Å². The summed E-state index contributed by atoms with van der Waals surface area (Å²) in [6.45, 7) is 16.8. The Balaban J connectivity index is 0.000000775. The fourth-order valence-electron chi connectivity index (χ4n) is 4.57. The number of nitrogens with one attached hydrogen (secondary N) is 3. The van der Waals surface area contributed by atoms with Gasteiger partial charge in [-0.15, -0.1) is 12.8 Å². The Labute approximate surface area is 249 Å². The molecule has 0 saturated carbocycles. The molecule has 3 aromatic rings. The molecule has 3 aromatic carbocycles. The van der Waals surface area contributed by atoms with Crippen molar-refractivity contribution >= 4 is 22.8 Å². The number of hydrogen-bond acceptors (Lipinski definition) is 3. The summed E-state index contributed by atoms with van der Waals surface area (Å²) in [7, 11) is 0. The Morgan fingerprint density at radius 2 is 1.51 bits per heavy atom. The summed E-state index contributed by atoms with van der Waals surface area (Å²) in [6.07, 6.45) is 16.9. The van der Waals surface area contributed by atoms with Gasteiger partial charge in [0.15, 0.2) is 0 Å². The van der Waals surface area contributed by atoms with Crippen molar-refractivity contribution in [3.8, 4) is 12.8 Å². The predicted molar refractivity (Wildman–Crippen MR) is 182 cm³/mol. The smallest absolute Gasteiger partial charge is 0.0660 e. The van der Waals surface area contributed by atoms with E-state index in [1.54, 1.807) is 0 Å². The van der Waals surface area contributed by atoms with Crippen molar-refractivity contribution < 1.29 is 0 Å². The standard InChI is InChI=1S/C31H31N3.C3H8.C2H6.C2H2/c1-21-15-17-24(18-16-21)23(3)32-26-11-8-12-27(20-26)33-31(28-13-6-4-9-22(28)2)30-19-25-10-5-7-14-29(25)34-30;1-3-2;2*1-2/h4,6-9,11-18,20,32-34H,3,5,10,19H2,1-2H3;3H2,1-2H3;1-2H3;1-2H/b31-30-;;;.